The van der Waals surface area contributed by atoms with Gasteiger partial charge in [-0.25, -0.2) is 4.39 Å². The minimum Gasteiger partial charge on any atom is -0.489 e. The monoisotopic (exact) mass is 345 g/mol. The van der Waals surface area contributed by atoms with Gasteiger partial charge in [-0.2, -0.15) is 4.98 Å². The number of anilines is 1. The van der Waals surface area contributed by atoms with Gasteiger partial charge in [-0.15, -0.1) is 0 Å². The normalized spacial score (nSPS) is 17.4. The Morgan fingerprint density at radius 1 is 1.32 bits per heavy atom. The Kier molecular flexibility index (Phi) is 4.38. The standard InChI is InChI=1S/C18H20FN3O3/c19-13-6-3-7-14-17(13)22(10-11-24-14)16(23)9-8-15-20-18(21-25-15)12-4-1-2-5-12/h3,6-7,12H,1-2,4-5,8-11H2. The molecule has 0 unspecified atom stereocenters. The van der Waals surface area contributed by atoms with Crippen LogP contribution < -0.4 is 9.64 Å². The first-order valence-electron chi connectivity index (χ1n) is 8.76. The van der Waals surface area contributed by atoms with Gasteiger partial charge < -0.3 is 14.2 Å². The maximum absolute atomic E-state index is 14.1. The van der Waals surface area contributed by atoms with Gasteiger partial charge in [0, 0.05) is 18.8 Å². The van der Waals surface area contributed by atoms with E-state index in [2.05, 4.69) is 10.1 Å². The number of amides is 1. The summed E-state index contributed by atoms with van der Waals surface area (Å²) in [5.74, 6) is 1.39. The van der Waals surface area contributed by atoms with Gasteiger partial charge in [-0.3, -0.25) is 4.79 Å². The predicted octanol–water partition coefficient (Wildman–Crippen LogP) is 3.22. The SMILES string of the molecule is O=C(CCc1nc(C2CCCC2)no1)N1CCOc2cccc(F)c21. The van der Waals surface area contributed by atoms with Crippen molar-refractivity contribution in [3.63, 3.8) is 0 Å². The van der Waals surface area contributed by atoms with Gasteiger partial charge in [0.25, 0.3) is 0 Å². The first-order chi connectivity index (χ1) is 12.2. The number of carbonyl (C=O) groups is 1. The van der Waals surface area contributed by atoms with E-state index in [0.29, 0.717) is 37.1 Å². The summed E-state index contributed by atoms with van der Waals surface area (Å²) < 4.78 is 24.8. The highest BCUT2D eigenvalue weighted by molar-refractivity contribution is 5.95. The number of fused-ring (bicyclic) bond motifs is 1. The van der Waals surface area contributed by atoms with Gasteiger partial charge in [0.2, 0.25) is 11.8 Å². The van der Waals surface area contributed by atoms with E-state index >= 15 is 0 Å². The summed E-state index contributed by atoms with van der Waals surface area (Å²) in [6, 6.07) is 4.58. The van der Waals surface area contributed by atoms with Crippen LogP contribution in [0.15, 0.2) is 22.7 Å². The second-order valence-electron chi connectivity index (χ2n) is 6.51. The Morgan fingerprint density at radius 2 is 2.16 bits per heavy atom. The van der Waals surface area contributed by atoms with Crippen molar-refractivity contribution >= 4 is 11.6 Å². The summed E-state index contributed by atoms with van der Waals surface area (Å²) in [5, 5.41) is 4.05. The lowest BCUT2D eigenvalue weighted by molar-refractivity contribution is -0.119. The van der Waals surface area contributed by atoms with Gasteiger partial charge in [-0.1, -0.05) is 24.1 Å². The number of ether oxygens (including phenoxy) is 1. The molecule has 1 aromatic carbocycles. The molecule has 0 spiro atoms. The smallest absolute Gasteiger partial charge is 0.227 e. The minimum absolute atomic E-state index is 0.171. The topological polar surface area (TPSA) is 68.5 Å². The summed E-state index contributed by atoms with van der Waals surface area (Å²) in [5.41, 5.74) is 0.218. The highest BCUT2D eigenvalue weighted by Crippen LogP contribution is 2.35. The molecule has 6 nitrogen and oxygen atoms in total. The number of carbonyl (C=O) groups excluding carboxylic acids is 1. The maximum Gasteiger partial charge on any atom is 0.227 e. The molecule has 1 amide bonds. The molecule has 2 aromatic rings. The number of para-hydroxylation sites is 1. The molecule has 1 aromatic heterocycles. The molecule has 1 aliphatic carbocycles. The van der Waals surface area contributed by atoms with Gasteiger partial charge >= 0.3 is 0 Å². The number of benzene rings is 1. The van der Waals surface area contributed by atoms with Crippen molar-refractivity contribution in [2.45, 2.75) is 44.4 Å². The third-order valence-corrected chi connectivity index (χ3v) is 4.85. The van der Waals surface area contributed by atoms with Crippen LogP contribution in [0.1, 0.15) is 49.7 Å². The van der Waals surface area contributed by atoms with E-state index in [1.54, 1.807) is 12.1 Å². The summed E-state index contributed by atoms with van der Waals surface area (Å²) in [7, 11) is 0. The molecule has 0 bridgehead atoms. The Hall–Kier alpha value is -2.44. The minimum atomic E-state index is -0.452. The molecule has 1 aliphatic heterocycles. The van der Waals surface area contributed by atoms with Crippen LogP contribution in [-0.2, 0) is 11.2 Å². The molecule has 0 atom stereocenters. The van der Waals surface area contributed by atoms with E-state index in [0.717, 1.165) is 18.7 Å². The fourth-order valence-corrected chi connectivity index (χ4v) is 3.55. The first kappa shape index (κ1) is 16.1. The highest BCUT2D eigenvalue weighted by atomic mass is 19.1. The van der Waals surface area contributed by atoms with Crippen LogP contribution in [0.3, 0.4) is 0 Å². The number of nitrogens with zero attached hydrogens (tertiary/aromatic N) is 3. The summed E-state index contributed by atoms with van der Waals surface area (Å²) in [6.45, 7) is 0.693. The third-order valence-electron chi connectivity index (χ3n) is 4.85. The zero-order valence-electron chi connectivity index (χ0n) is 13.9. The summed E-state index contributed by atoms with van der Waals surface area (Å²) in [6.07, 6.45) is 5.16. The molecule has 7 heteroatoms. The summed E-state index contributed by atoms with van der Waals surface area (Å²) >= 11 is 0. The fourth-order valence-electron chi connectivity index (χ4n) is 3.55. The van der Waals surface area contributed by atoms with Gasteiger partial charge in [0.15, 0.2) is 11.6 Å². The van der Waals surface area contributed by atoms with Crippen molar-refractivity contribution in [2.24, 2.45) is 0 Å². The van der Waals surface area contributed by atoms with Crippen LogP contribution in [0.2, 0.25) is 0 Å². The van der Waals surface area contributed by atoms with Crippen LogP contribution in [-0.4, -0.2) is 29.2 Å². The van der Waals surface area contributed by atoms with Crippen LogP contribution in [0.25, 0.3) is 0 Å². The molecular formula is C18H20FN3O3. The maximum atomic E-state index is 14.1. The van der Waals surface area contributed by atoms with E-state index < -0.39 is 5.82 Å². The van der Waals surface area contributed by atoms with Gasteiger partial charge in [0.05, 0.1) is 6.54 Å². The lowest BCUT2D eigenvalue weighted by Crippen LogP contribution is -2.38. The number of rotatable bonds is 4. The quantitative estimate of drug-likeness (QED) is 0.851. The second kappa shape index (κ2) is 6.82. The van der Waals surface area contributed by atoms with Crippen molar-refractivity contribution in [1.29, 1.82) is 0 Å². The van der Waals surface area contributed by atoms with Crippen molar-refractivity contribution in [3.8, 4) is 5.75 Å². The molecule has 0 radical (unpaired) electrons. The van der Waals surface area contributed by atoms with Crippen LogP contribution in [0, 0.1) is 5.82 Å². The number of hydrogen-bond acceptors (Lipinski definition) is 5. The number of aryl methyl sites for hydroxylation is 1. The Labute approximate surface area is 145 Å². The van der Waals surface area contributed by atoms with Gasteiger partial charge in [0.1, 0.15) is 18.0 Å². The number of hydrogen-bond donors (Lipinski definition) is 0. The molecule has 1 fully saturated rings. The van der Waals surface area contributed by atoms with E-state index in [9.17, 15) is 9.18 Å². The third kappa shape index (κ3) is 3.23. The van der Waals surface area contributed by atoms with Crippen molar-refractivity contribution in [1.82, 2.24) is 10.1 Å². The number of aromatic nitrogens is 2. The van der Waals surface area contributed by atoms with Crippen LogP contribution in [0.5, 0.6) is 5.75 Å². The molecule has 2 aliphatic rings. The lowest BCUT2D eigenvalue weighted by Gasteiger charge is -2.29. The first-order valence-corrected chi connectivity index (χ1v) is 8.76. The largest absolute Gasteiger partial charge is 0.489 e. The number of halogens is 1. The van der Waals surface area contributed by atoms with Crippen LogP contribution >= 0.6 is 0 Å². The van der Waals surface area contributed by atoms with Crippen molar-refractivity contribution < 1.29 is 18.4 Å². The molecule has 2 heterocycles. The summed E-state index contributed by atoms with van der Waals surface area (Å²) in [4.78, 5) is 18.4. The highest BCUT2D eigenvalue weighted by Gasteiger charge is 2.27. The van der Waals surface area contributed by atoms with Gasteiger partial charge in [-0.05, 0) is 25.0 Å². The van der Waals surface area contributed by atoms with E-state index in [1.807, 2.05) is 0 Å². The molecule has 0 saturated heterocycles. The zero-order valence-corrected chi connectivity index (χ0v) is 13.9. The molecule has 25 heavy (non-hydrogen) atoms. The molecule has 132 valence electrons. The Balaban J connectivity index is 1.42. The second-order valence-corrected chi connectivity index (χ2v) is 6.51. The molecule has 1 saturated carbocycles. The molecular weight excluding hydrogens is 325 g/mol. The zero-order chi connectivity index (χ0) is 17.2. The van der Waals surface area contributed by atoms with E-state index in [1.165, 1.54) is 23.8 Å². The average Bonchev–Trinajstić information content (AvgIpc) is 3.31. The van der Waals surface area contributed by atoms with E-state index in [4.69, 9.17) is 9.26 Å². The molecule has 0 N–H and O–H groups in total. The lowest BCUT2D eigenvalue weighted by atomic mass is 10.1. The van der Waals surface area contributed by atoms with Crippen LogP contribution in [0.4, 0.5) is 10.1 Å². The fraction of sp³-hybridized carbons (Fsp3) is 0.500. The Morgan fingerprint density at radius 3 is 3.00 bits per heavy atom. The average molecular weight is 345 g/mol. The van der Waals surface area contributed by atoms with Crippen molar-refractivity contribution in [3.05, 3.63) is 35.7 Å². The Bertz CT molecular complexity index is 771. The predicted molar refractivity (Wildman–Crippen MR) is 88.1 cm³/mol. The van der Waals surface area contributed by atoms with Crippen molar-refractivity contribution in [2.75, 3.05) is 18.1 Å². The molecule has 4 rings (SSSR count). The van der Waals surface area contributed by atoms with E-state index in [-0.39, 0.29) is 18.0 Å².